The molecule has 1 aromatic carbocycles. The lowest BCUT2D eigenvalue weighted by Crippen LogP contribution is -2.41. The Bertz CT molecular complexity index is 683. The molecule has 1 saturated heterocycles. The first kappa shape index (κ1) is 20.1. The highest BCUT2D eigenvalue weighted by Crippen LogP contribution is 2.39. The number of thiol groups is 1. The van der Waals surface area contributed by atoms with Crippen molar-refractivity contribution in [3.63, 3.8) is 0 Å². The largest absolute Gasteiger partial charge is 0.491 e. The van der Waals surface area contributed by atoms with Crippen LogP contribution < -0.4 is 0 Å². The molecule has 0 saturated carbocycles. The quantitative estimate of drug-likeness (QED) is 0.482. The molecule has 1 aliphatic rings. The lowest BCUT2D eigenvalue weighted by Gasteiger charge is -2.32. The minimum Gasteiger partial charge on any atom is -0.400 e. The van der Waals surface area contributed by atoms with E-state index in [1.165, 1.54) is 12.1 Å². The molecule has 0 amide bonds. The van der Waals surface area contributed by atoms with Crippen LogP contribution in [0.15, 0.2) is 23.7 Å². The fourth-order valence-corrected chi connectivity index (χ4v) is 2.63. The standard InChI is InChI=1S/C17H20BF3O3S/c1-15(2)16(3,4)24-18(23-15)14(10-25)8-11-5-12(9-22)7-13(6-11)17(19,20)21/h5-9,25H,10H2,1-4H3. The molecule has 1 heterocycles. The SMILES string of the molecule is CC1(C)OB(C(=Cc2cc(C=O)cc(C(F)(F)F)c2)CS)OC1(C)C. The van der Waals surface area contributed by atoms with Gasteiger partial charge in [0.2, 0.25) is 0 Å². The van der Waals surface area contributed by atoms with E-state index in [0.717, 1.165) is 12.1 Å². The number of halogens is 3. The second-order valence-corrected chi connectivity index (χ2v) is 7.29. The zero-order chi connectivity index (χ0) is 19.0. The zero-order valence-corrected chi connectivity index (χ0v) is 15.4. The number of benzene rings is 1. The van der Waals surface area contributed by atoms with E-state index in [-0.39, 0.29) is 16.9 Å². The molecule has 0 radical (unpaired) electrons. The van der Waals surface area contributed by atoms with Crippen LogP contribution in [0.2, 0.25) is 0 Å². The summed E-state index contributed by atoms with van der Waals surface area (Å²) < 4.78 is 50.8. The second kappa shape index (κ2) is 6.81. The zero-order valence-electron chi connectivity index (χ0n) is 14.5. The molecule has 0 atom stereocenters. The fourth-order valence-electron chi connectivity index (χ4n) is 2.39. The molecule has 1 aromatic rings. The molecular weight excluding hydrogens is 352 g/mol. The van der Waals surface area contributed by atoms with Crippen molar-refractivity contribution in [2.75, 3.05) is 5.75 Å². The Morgan fingerprint density at radius 3 is 2.08 bits per heavy atom. The molecule has 0 spiro atoms. The minimum absolute atomic E-state index is 0.0477. The molecule has 136 valence electrons. The molecule has 8 heteroatoms. The normalized spacial score (nSPS) is 20.0. The highest BCUT2D eigenvalue weighted by Gasteiger charge is 2.52. The summed E-state index contributed by atoms with van der Waals surface area (Å²) in [6.45, 7) is 7.55. The maximum Gasteiger partial charge on any atom is 0.491 e. The van der Waals surface area contributed by atoms with Crippen LogP contribution in [0, 0.1) is 0 Å². The molecule has 0 unspecified atom stereocenters. The van der Waals surface area contributed by atoms with Crippen molar-refractivity contribution in [3.8, 4) is 0 Å². The van der Waals surface area contributed by atoms with E-state index in [0.29, 0.717) is 11.8 Å². The molecule has 0 aromatic heterocycles. The van der Waals surface area contributed by atoms with Crippen LogP contribution >= 0.6 is 12.6 Å². The summed E-state index contributed by atoms with van der Waals surface area (Å²) in [4.78, 5) is 11.0. The summed E-state index contributed by atoms with van der Waals surface area (Å²) in [5, 5.41) is 0. The highest BCUT2D eigenvalue weighted by molar-refractivity contribution is 7.80. The van der Waals surface area contributed by atoms with Crippen LogP contribution in [0.25, 0.3) is 6.08 Å². The maximum absolute atomic E-state index is 13.0. The van der Waals surface area contributed by atoms with E-state index in [1.807, 2.05) is 27.7 Å². The van der Waals surface area contributed by atoms with Crippen molar-refractivity contribution in [3.05, 3.63) is 40.4 Å². The van der Waals surface area contributed by atoms with Gasteiger partial charge in [-0.3, -0.25) is 4.79 Å². The van der Waals surface area contributed by atoms with Crippen LogP contribution in [0.5, 0.6) is 0 Å². The van der Waals surface area contributed by atoms with Crippen molar-refractivity contribution in [2.45, 2.75) is 45.1 Å². The molecule has 0 N–H and O–H groups in total. The number of hydrogen-bond donors (Lipinski definition) is 1. The van der Waals surface area contributed by atoms with Crippen molar-refractivity contribution in [1.82, 2.24) is 0 Å². The first-order chi connectivity index (χ1) is 11.4. The molecule has 3 nitrogen and oxygen atoms in total. The topological polar surface area (TPSA) is 35.5 Å². The van der Waals surface area contributed by atoms with Crippen LogP contribution in [0.4, 0.5) is 13.2 Å². The van der Waals surface area contributed by atoms with Gasteiger partial charge in [-0.2, -0.15) is 25.8 Å². The molecule has 1 aliphatic heterocycles. The smallest absolute Gasteiger partial charge is 0.400 e. The number of aldehydes is 1. The molecular formula is C17H20BF3O3S. The average molecular weight is 372 g/mol. The number of carbonyl (C=O) groups is 1. The molecule has 0 aliphatic carbocycles. The monoisotopic (exact) mass is 372 g/mol. The van der Waals surface area contributed by atoms with E-state index in [9.17, 15) is 18.0 Å². The Kier molecular flexibility index (Phi) is 5.47. The van der Waals surface area contributed by atoms with E-state index >= 15 is 0 Å². The van der Waals surface area contributed by atoms with Crippen molar-refractivity contribution >= 4 is 32.1 Å². The third-order valence-electron chi connectivity index (χ3n) is 4.53. The van der Waals surface area contributed by atoms with Gasteiger partial charge in [0.05, 0.1) is 16.8 Å². The summed E-state index contributed by atoms with van der Waals surface area (Å²) >= 11 is 4.25. The second-order valence-electron chi connectivity index (χ2n) is 6.97. The Morgan fingerprint density at radius 1 is 1.12 bits per heavy atom. The molecule has 2 rings (SSSR count). The van der Waals surface area contributed by atoms with Crippen molar-refractivity contribution in [1.29, 1.82) is 0 Å². The van der Waals surface area contributed by atoms with Crippen LogP contribution in [-0.2, 0) is 15.5 Å². The van der Waals surface area contributed by atoms with Gasteiger partial charge in [-0.05, 0) is 56.9 Å². The van der Waals surface area contributed by atoms with E-state index < -0.39 is 30.1 Å². The maximum atomic E-state index is 13.0. The minimum atomic E-state index is -4.53. The number of alkyl halides is 3. The summed E-state index contributed by atoms with van der Waals surface area (Å²) in [6.07, 6.45) is -2.62. The molecule has 0 bridgehead atoms. The van der Waals surface area contributed by atoms with Gasteiger partial charge in [-0.25, -0.2) is 0 Å². The van der Waals surface area contributed by atoms with Gasteiger partial charge in [0.25, 0.3) is 0 Å². The number of hydrogen-bond acceptors (Lipinski definition) is 4. The highest BCUT2D eigenvalue weighted by atomic mass is 32.1. The molecule has 1 fully saturated rings. The van der Waals surface area contributed by atoms with Gasteiger partial charge in [-0.15, -0.1) is 0 Å². The van der Waals surface area contributed by atoms with Gasteiger partial charge in [0.15, 0.2) is 0 Å². The van der Waals surface area contributed by atoms with E-state index in [4.69, 9.17) is 9.31 Å². The third-order valence-corrected chi connectivity index (χ3v) is 4.90. The molecule has 25 heavy (non-hydrogen) atoms. The van der Waals surface area contributed by atoms with Crippen molar-refractivity contribution < 1.29 is 27.3 Å². The summed E-state index contributed by atoms with van der Waals surface area (Å²) in [6, 6.07) is 3.19. The predicted octanol–water partition coefficient (Wildman–Crippen LogP) is 4.46. The van der Waals surface area contributed by atoms with Gasteiger partial charge < -0.3 is 9.31 Å². The summed E-state index contributed by atoms with van der Waals surface area (Å²) in [5.41, 5.74) is -1.23. The van der Waals surface area contributed by atoms with E-state index in [2.05, 4.69) is 12.6 Å². The van der Waals surface area contributed by atoms with Gasteiger partial charge in [0.1, 0.15) is 6.29 Å². The Hall–Kier alpha value is -1.25. The first-order valence-electron chi connectivity index (χ1n) is 7.74. The number of carbonyl (C=O) groups excluding carboxylic acids is 1. The lowest BCUT2D eigenvalue weighted by molar-refractivity contribution is -0.137. The van der Waals surface area contributed by atoms with Crippen LogP contribution in [-0.4, -0.2) is 30.4 Å². The third kappa shape index (κ3) is 4.30. The average Bonchev–Trinajstić information content (AvgIpc) is 2.71. The Labute approximate surface area is 151 Å². The summed E-state index contributed by atoms with van der Waals surface area (Å²) in [5.74, 6) is 0.240. The van der Waals surface area contributed by atoms with Crippen molar-refractivity contribution in [2.24, 2.45) is 0 Å². The van der Waals surface area contributed by atoms with Gasteiger partial charge in [-0.1, -0.05) is 6.08 Å². The van der Waals surface area contributed by atoms with Crippen LogP contribution in [0.1, 0.15) is 49.2 Å². The van der Waals surface area contributed by atoms with Gasteiger partial charge in [0, 0.05) is 11.3 Å². The fraction of sp³-hybridized carbons (Fsp3) is 0.471. The Morgan fingerprint density at radius 2 is 1.64 bits per heavy atom. The lowest BCUT2D eigenvalue weighted by atomic mass is 9.78. The summed E-state index contributed by atoms with van der Waals surface area (Å²) in [7, 11) is -0.711. The van der Waals surface area contributed by atoms with Crippen LogP contribution in [0.3, 0.4) is 0 Å². The van der Waals surface area contributed by atoms with E-state index in [1.54, 1.807) is 0 Å². The predicted molar refractivity (Wildman–Crippen MR) is 94.7 cm³/mol. The number of rotatable bonds is 4. The first-order valence-corrected chi connectivity index (χ1v) is 8.37. The Balaban J connectivity index is 2.42. The van der Waals surface area contributed by atoms with Gasteiger partial charge >= 0.3 is 13.3 Å².